The van der Waals surface area contributed by atoms with Crippen LogP contribution in [0.2, 0.25) is 0 Å². The molecule has 0 aromatic heterocycles. The minimum absolute atomic E-state index is 0.0610. The topological polar surface area (TPSA) is 26.3 Å². The Bertz CT molecular complexity index is 455. The van der Waals surface area contributed by atoms with Crippen LogP contribution in [-0.4, -0.2) is 18.6 Å². The predicted octanol–water partition coefficient (Wildman–Crippen LogP) is 4.53. The normalized spacial score (nSPS) is 11.4. The Morgan fingerprint density at radius 1 is 1.15 bits per heavy atom. The van der Waals surface area contributed by atoms with Crippen LogP contribution in [0, 0.1) is 5.82 Å². The highest BCUT2D eigenvalue weighted by atomic mass is 19.4. The van der Waals surface area contributed by atoms with Gasteiger partial charge in [0.1, 0.15) is 11.6 Å². The van der Waals surface area contributed by atoms with Crippen molar-refractivity contribution < 1.29 is 27.1 Å². The van der Waals surface area contributed by atoms with E-state index in [0.29, 0.717) is 6.07 Å². The molecule has 2 nitrogen and oxygen atoms in total. The van der Waals surface area contributed by atoms with Crippen LogP contribution in [0.4, 0.5) is 17.6 Å². The van der Waals surface area contributed by atoms with E-state index in [1.54, 1.807) is 0 Å². The second kappa shape index (κ2) is 7.26. The molecule has 0 amide bonds. The molecule has 0 aliphatic rings. The first-order valence-electron chi connectivity index (χ1n) is 6.39. The molecule has 1 aromatic carbocycles. The number of carbonyl (C=O) groups excluding carboxylic acids is 1. The summed E-state index contributed by atoms with van der Waals surface area (Å²) in [4.78, 5) is 11.0. The molecule has 0 aliphatic carbocycles. The number of hydrogen-bond acceptors (Lipinski definition) is 2. The third kappa shape index (κ3) is 5.19. The Kier molecular flexibility index (Phi) is 5.98. The summed E-state index contributed by atoms with van der Waals surface area (Å²) in [6, 6.07) is 2.44. The van der Waals surface area contributed by atoms with Gasteiger partial charge in [-0.15, -0.1) is 0 Å². The van der Waals surface area contributed by atoms with Gasteiger partial charge < -0.3 is 4.74 Å². The summed E-state index contributed by atoms with van der Waals surface area (Å²) in [5, 5.41) is 0. The zero-order valence-electron chi connectivity index (χ0n) is 11.1. The average Bonchev–Trinajstić information content (AvgIpc) is 2.36. The lowest BCUT2D eigenvalue weighted by atomic mass is 10.1. The second-order valence-corrected chi connectivity index (χ2v) is 4.41. The Morgan fingerprint density at radius 2 is 1.85 bits per heavy atom. The van der Waals surface area contributed by atoms with Gasteiger partial charge in [-0.25, -0.2) is 4.39 Å². The number of carbonyl (C=O) groups is 1. The molecule has 0 unspecified atom stereocenters. The number of ether oxygens (including phenoxy) is 1. The van der Waals surface area contributed by atoms with Gasteiger partial charge in [0.05, 0.1) is 6.61 Å². The fourth-order valence-corrected chi connectivity index (χ4v) is 1.66. The number of alkyl halides is 3. The number of hydrogen-bond donors (Lipinski definition) is 0. The maximum Gasteiger partial charge on any atom is 0.454 e. The van der Waals surface area contributed by atoms with Crippen molar-refractivity contribution in [3.05, 3.63) is 29.6 Å². The number of benzene rings is 1. The molecule has 0 heterocycles. The van der Waals surface area contributed by atoms with Crippen molar-refractivity contribution in [2.45, 2.75) is 38.8 Å². The fourth-order valence-electron chi connectivity index (χ4n) is 1.66. The summed E-state index contributed by atoms with van der Waals surface area (Å²) in [5.74, 6) is -3.06. The molecule has 0 bridgehead atoms. The lowest BCUT2D eigenvalue weighted by Crippen LogP contribution is -2.22. The second-order valence-electron chi connectivity index (χ2n) is 4.41. The average molecular weight is 292 g/mol. The molecule has 0 radical (unpaired) electrons. The number of ketones is 1. The molecule has 0 fully saturated rings. The largest absolute Gasteiger partial charge is 0.493 e. The number of rotatable bonds is 7. The van der Waals surface area contributed by atoms with Gasteiger partial charge in [-0.2, -0.15) is 13.2 Å². The Balaban J connectivity index is 2.69. The van der Waals surface area contributed by atoms with E-state index in [9.17, 15) is 22.4 Å². The molecule has 0 saturated carbocycles. The van der Waals surface area contributed by atoms with E-state index in [0.717, 1.165) is 37.8 Å². The van der Waals surface area contributed by atoms with E-state index < -0.39 is 23.3 Å². The van der Waals surface area contributed by atoms with E-state index in [-0.39, 0.29) is 12.4 Å². The van der Waals surface area contributed by atoms with Crippen molar-refractivity contribution in [2.24, 2.45) is 0 Å². The van der Waals surface area contributed by atoms with Crippen molar-refractivity contribution in [3.8, 4) is 5.75 Å². The summed E-state index contributed by atoms with van der Waals surface area (Å²) in [7, 11) is 0. The predicted molar refractivity (Wildman–Crippen MR) is 66.4 cm³/mol. The van der Waals surface area contributed by atoms with Crippen molar-refractivity contribution in [2.75, 3.05) is 6.61 Å². The highest BCUT2D eigenvalue weighted by Gasteiger charge is 2.39. The van der Waals surface area contributed by atoms with Crippen LogP contribution in [0.15, 0.2) is 18.2 Å². The maximum atomic E-state index is 13.2. The molecule has 112 valence electrons. The lowest BCUT2D eigenvalue weighted by molar-refractivity contribution is -0.0885. The first-order chi connectivity index (χ1) is 9.34. The molecule has 0 spiro atoms. The van der Waals surface area contributed by atoms with Gasteiger partial charge in [-0.05, 0) is 18.6 Å². The third-order valence-corrected chi connectivity index (χ3v) is 2.66. The third-order valence-electron chi connectivity index (χ3n) is 2.66. The summed E-state index contributed by atoms with van der Waals surface area (Å²) in [6.07, 6.45) is -1.28. The van der Waals surface area contributed by atoms with E-state index in [1.165, 1.54) is 0 Å². The van der Waals surface area contributed by atoms with E-state index in [2.05, 4.69) is 0 Å². The van der Waals surface area contributed by atoms with E-state index >= 15 is 0 Å². The quantitative estimate of drug-likeness (QED) is 0.419. The first-order valence-corrected chi connectivity index (χ1v) is 6.39. The molecular weight excluding hydrogens is 276 g/mol. The minimum atomic E-state index is -5.02. The smallest absolute Gasteiger partial charge is 0.454 e. The van der Waals surface area contributed by atoms with Crippen LogP contribution >= 0.6 is 0 Å². The Hall–Kier alpha value is -1.59. The molecule has 20 heavy (non-hydrogen) atoms. The summed E-state index contributed by atoms with van der Waals surface area (Å²) >= 11 is 0. The van der Waals surface area contributed by atoms with Crippen LogP contribution in [0.1, 0.15) is 43.0 Å². The van der Waals surface area contributed by atoms with Crippen LogP contribution in [-0.2, 0) is 0 Å². The Labute approximate surface area is 114 Å². The summed E-state index contributed by atoms with van der Waals surface area (Å²) in [6.45, 7) is 2.32. The molecule has 0 saturated heterocycles. The number of halogens is 4. The number of unbranched alkanes of at least 4 members (excludes halogenated alkanes) is 3. The number of Topliss-reactive ketones (excluding diaryl/α,β-unsaturated/α-hetero) is 1. The summed E-state index contributed by atoms with van der Waals surface area (Å²) in [5.41, 5.74) is -0.749. The summed E-state index contributed by atoms with van der Waals surface area (Å²) < 4.78 is 55.2. The van der Waals surface area contributed by atoms with Gasteiger partial charge in [0.15, 0.2) is 0 Å². The van der Waals surface area contributed by atoms with Gasteiger partial charge in [0.2, 0.25) is 0 Å². The monoisotopic (exact) mass is 292 g/mol. The molecule has 0 aliphatic heterocycles. The SMILES string of the molecule is CCCCCCOc1cc(F)cc(C(=O)C(F)(F)F)c1. The zero-order chi connectivity index (χ0) is 15.2. The molecule has 0 atom stereocenters. The molecule has 1 rings (SSSR count). The molecule has 6 heteroatoms. The highest BCUT2D eigenvalue weighted by molar-refractivity contribution is 6.00. The lowest BCUT2D eigenvalue weighted by Gasteiger charge is -2.09. The molecule has 1 aromatic rings. The van der Waals surface area contributed by atoms with Crippen molar-refractivity contribution in [1.29, 1.82) is 0 Å². The highest BCUT2D eigenvalue weighted by Crippen LogP contribution is 2.25. The molecular formula is C14H16F4O2. The first kappa shape index (κ1) is 16.5. The molecule has 0 N–H and O–H groups in total. The minimum Gasteiger partial charge on any atom is -0.493 e. The van der Waals surface area contributed by atoms with Crippen LogP contribution < -0.4 is 4.74 Å². The van der Waals surface area contributed by atoms with Crippen LogP contribution in [0.5, 0.6) is 5.75 Å². The van der Waals surface area contributed by atoms with E-state index in [4.69, 9.17) is 4.74 Å². The van der Waals surface area contributed by atoms with Crippen molar-refractivity contribution in [3.63, 3.8) is 0 Å². The Morgan fingerprint density at radius 3 is 2.45 bits per heavy atom. The van der Waals surface area contributed by atoms with Crippen molar-refractivity contribution >= 4 is 5.78 Å². The zero-order valence-corrected chi connectivity index (χ0v) is 11.1. The van der Waals surface area contributed by atoms with Crippen LogP contribution in [0.3, 0.4) is 0 Å². The van der Waals surface area contributed by atoms with Crippen molar-refractivity contribution in [1.82, 2.24) is 0 Å². The van der Waals surface area contributed by atoms with Gasteiger partial charge in [0, 0.05) is 11.6 Å². The maximum absolute atomic E-state index is 13.2. The fraction of sp³-hybridized carbons (Fsp3) is 0.500. The van der Waals surface area contributed by atoms with Gasteiger partial charge in [-0.1, -0.05) is 26.2 Å². The van der Waals surface area contributed by atoms with Gasteiger partial charge >= 0.3 is 6.18 Å². The van der Waals surface area contributed by atoms with Gasteiger partial charge in [0.25, 0.3) is 5.78 Å². The van der Waals surface area contributed by atoms with E-state index in [1.807, 2.05) is 6.92 Å². The van der Waals surface area contributed by atoms with Gasteiger partial charge in [-0.3, -0.25) is 4.79 Å². The van der Waals surface area contributed by atoms with Crippen LogP contribution in [0.25, 0.3) is 0 Å². The standard InChI is InChI=1S/C14H16F4O2/c1-2-3-4-5-6-20-12-8-10(7-11(15)9-12)13(19)14(16,17)18/h7-9H,2-6H2,1H3.